The molecule has 4 nitrogen and oxygen atoms in total. The molecule has 4 fully saturated rings. The van der Waals surface area contributed by atoms with Crippen LogP contribution in [0.3, 0.4) is 0 Å². The van der Waals surface area contributed by atoms with Crippen molar-refractivity contribution in [2.45, 2.75) is 91.6 Å². The number of fused-ring (bicyclic) bond motifs is 7. The summed E-state index contributed by atoms with van der Waals surface area (Å²) in [5.41, 5.74) is 0.752. The number of hydrogen-bond acceptors (Lipinski definition) is 3. The van der Waals surface area contributed by atoms with Crippen LogP contribution in [0, 0.1) is 51.8 Å². The lowest BCUT2D eigenvalue weighted by atomic mass is 9.42. The molecule has 0 heterocycles. The predicted octanol–water partition coefficient (Wildman–Crippen LogP) is 5.24. The van der Waals surface area contributed by atoms with E-state index in [0.717, 1.165) is 51.4 Å². The number of hydrogen-bond donors (Lipinski definition) is 2. The maximum absolute atomic E-state index is 13.8. The summed E-state index contributed by atoms with van der Waals surface area (Å²) in [6.07, 6.45) is 10.4. The minimum atomic E-state index is -0.681. The van der Waals surface area contributed by atoms with E-state index in [9.17, 15) is 19.8 Å². The lowest BCUT2D eigenvalue weighted by Gasteiger charge is -2.61. The molecule has 4 saturated carbocycles. The minimum absolute atomic E-state index is 0.0103. The number of aliphatic carboxylic acids is 1. The number of ketones is 1. The Morgan fingerprint density at radius 1 is 1.03 bits per heavy atom. The average molecular weight is 429 g/mol. The second-order valence-electron chi connectivity index (χ2n) is 12.8. The molecule has 0 aromatic heterocycles. The molecule has 0 radical (unpaired) electrons. The fraction of sp³-hybridized carbons (Fsp3) is 0.852. The smallest absolute Gasteiger partial charge is 0.309 e. The zero-order chi connectivity index (χ0) is 22.3. The van der Waals surface area contributed by atoms with Gasteiger partial charge in [-0.2, -0.15) is 0 Å². The molecule has 0 amide bonds. The first-order valence-electron chi connectivity index (χ1n) is 12.7. The van der Waals surface area contributed by atoms with Gasteiger partial charge in [-0.3, -0.25) is 9.59 Å². The normalized spacial score (nSPS) is 54.0. The molecule has 0 aliphatic heterocycles. The van der Waals surface area contributed by atoms with Crippen LogP contribution in [0.15, 0.2) is 11.6 Å². The van der Waals surface area contributed by atoms with Gasteiger partial charge in [-0.15, -0.1) is 0 Å². The standard InChI is InChI=1S/C27H40O4/c1-15-19-6-5-17-16-7-9-25(2)11-12-26(3,24(30)31)14-20(25)18(16)13-22(29)23(17)27(19,4)10-8-21(15)28/h13,15-17,19-21,23,28H,5-12,14H2,1-4H3,(H,30,31)/t15?,16?,17?,19?,20?,21?,23?,25?,26-,27?/m0/s1. The van der Waals surface area contributed by atoms with Gasteiger partial charge in [-0.25, -0.2) is 0 Å². The highest BCUT2D eigenvalue weighted by Crippen LogP contribution is 2.66. The van der Waals surface area contributed by atoms with Crippen molar-refractivity contribution in [1.29, 1.82) is 0 Å². The van der Waals surface area contributed by atoms with Crippen LogP contribution in [0.4, 0.5) is 0 Å². The summed E-state index contributed by atoms with van der Waals surface area (Å²) >= 11 is 0. The van der Waals surface area contributed by atoms with Crippen molar-refractivity contribution in [3.8, 4) is 0 Å². The third-order valence-electron chi connectivity index (χ3n) is 11.3. The number of rotatable bonds is 1. The Kier molecular flexibility index (Phi) is 4.84. The van der Waals surface area contributed by atoms with Crippen molar-refractivity contribution >= 4 is 11.8 Å². The van der Waals surface area contributed by atoms with Crippen molar-refractivity contribution in [2.24, 2.45) is 51.8 Å². The Bertz CT molecular complexity index is 831. The minimum Gasteiger partial charge on any atom is -0.481 e. The van der Waals surface area contributed by atoms with Gasteiger partial charge in [0.25, 0.3) is 0 Å². The van der Waals surface area contributed by atoms with Gasteiger partial charge in [-0.05, 0) is 111 Å². The SMILES string of the molecule is CC1C(O)CCC2(C)C1CCC1C3CCC4(C)CC[C@](C)(C(=O)O)CC4C3=CC(=O)C12. The van der Waals surface area contributed by atoms with Crippen LogP contribution in [0.2, 0.25) is 0 Å². The molecule has 10 atom stereocenters. The summed E-state index contributed by atoms with van der Waals surface area (Å²) in [6, 6.07) is 0. The van der Waals surface area contributed by atoms with Crippen molar-refractivity contribution in [3.05, 3.63) is 11.6 Å². The molecule has 0 aromatic carbocycles. The van der Waals surface area contributed by atoms with Gasteiger partial charge in [0.1, 0.15) is 0 Å². The van der Waals surface area contributed by atoms with Gasteiger partial charge in [-0.1, -0.05) is 26.3 Å². The van der Waals surface area contributed by atoms with Gasteiger partial charge in [0.05, 0.1) is 11.5 Å². The fourth-order valence-electron chi connectivity index (χ4n) is 9.13. The van der Waals surface area contributed by atoms with E-state index in [1.807, 2.05) is 13.0 Å². The van der Waals surface area contributed by atoms with E-state index in [4.69, 9.17) is 0 Å². The third-order valence-corrected chi connectivity index (χ3v) is 11.3. The zero-order valence-electron chi connectivity index (χ0n) is 19.7. The highest BCUT2D eigenvalue weighted by atomic mass is 16.4. The van der Waals surface area contributed by atoms with Gasteiger partial charge >= 0.3 is 5.97 Å². The summed E-state index contributed by atoms with van der Waals surface area (Å²) in [5, 5.41) is 20.4. The molecule has 5 aliphatic carbocycles. The van der Waals surface area contributed by atoms with Gasteiger partial charge in [0.15, 0.2) is 5.78 Å². The Hall–Kier alpha value is -1.16. The van der Waals surface area contributed by atoms with Crippen LogP contribution in [0.1, 0.15) is 85.5 Å². The molecule has 172 valence electrons. The fourth-order valence-corrected chi connectivity index (χ4v) is 9.13. The largest absolute Gasteiger partial charge is 0.481 e. The molecular formula is C27H40O4. The van der Waals surface area contributed by atoms with E-state index in [-0.39, 0.29) is 34.7 Å². The second kappa shape index (κ2) is 6.92. The number of carboxylic acid groups (broad SMARTS) is 1. The Morgan fingerprint density at radius 2 is 1.77 bits per heavy atom. The lowest BCUT2D eigenvalue weighted by molar-refractivity contribution is -0.156. The van der Waals surface area contributed by atoms with E-state index < -0.39 is 11.4 Å². The molecule has 0 spiro atoms. The summed E-state index contributed by atoms with van der Waals surface area (Å²) in [5.74, 6) is 1.46. The van der Waals surface area contributed by atoms with E-state index in [1.54, 1.807) is 0 Å². The first kappa shape index (κ1) is 21.7. The predicted molar refractivity (Wildman–Crippen MR) is 119 cm³/mol. The zero-order valence-corrected chi connectivity index (χ0v) is 19.7. The summed E-state index contributed by atoms with van der Waals surface area (Å²) in [4.78, 5) is 25.8. The first-order chi connectivity index (χ1) is 14.5. The van der Waals surface area contributed by atoms with E-state index in [0.29, 0.717) is 30.0 Å². The molecule has 0 bridgehead atoms. The quantitative estimate of drug-likeness (QED) is 0.599. The highest BCUT2D eigenvalue weighted by molar-refractivity contribution is 5.94. The van der Waals surface area contributed by atoms with Crippen molar-refractivity contribution in [3.63, 3.8) is 0 Å². The van der Waals surface area contributed by atoms with Gasteiger partial charge in [0.2, 0.25) is 0 Å². The maximum Gasteiger partial charge on any atom is 0.309 e. The average Bonchev–Trinajstić information content (AvgIpc) is 2.71. The molecular weight excluding hydrogens is 388 g/mol. The Labute approximate surface area is 186 Å². The summed E-state index contributed by atoms with van der Waals surface area (Å²) in [6.45, 7) is 8.77. The Balaban J connectivity index is 1.52. The van der Waals surface area contributed by atoms with Crippen LogP contribution in [-0.2, 0) is 9.59 Å². The highest BCUT2D eigenvalue weighted by Gasteiger charge is 2.61. The van der Waals surface area contributed by atoms with Gasteiger partial charge in [0, 0.05) is 5.92 Å². The number of carbonyl (C=O) groups is 2. The number of carboxylic acids is 1. The van der Waals surface area contributed by atoms with Crippen LogP contribution in [-0.4, -0.2) is 28.1 Å². The molecule has 0 saturated heterocycles. The number of aliphatic hydroxyl groups excluding tert-OH is 1. The third kappa shape index (κ3) is 2.96. The molecule has 9 unspecified atom stereocenters. The molecule has 5 aliphatic rings. The number of aliphatic hydroxyl groups is 1. The van der Waals surface area contributed by atoms with E-state index in [1.165, 1.54) is 5.57 Å². The molecule has 31 heavy (non-hydrogen) atoms. The first-order valence-corrected chi connectivity index (χ1v) is 12.7. The van der Waals surface area contributed by atoms with Crippen LogP contribution in [0.5, 0.6) is 0 Å². The topological polar surface area (TPSA) is 74.6 Å². The second-order valence-corrected chi connectivity index (χ2v) is 12.8. The van der Waals surface area contributed by atoms with Gasteiger partial charge < -0.3 is 10.2 Å². The summed E-state index contributed by atoms with van der Waals surface area (Å²) in [7, 11) is 0. The lowest BCUT2D eigenvalue weighted by Crippen LogP contribution is -2.58. The maximum atomic E-state index is 13.8. The van der Waals surface area contributed by atoms with Crippen LogP contribution >= 0.6 is 0 Å². The van der Waals surface area contributed by atoms with Crippen molar-refractivity contribution in [1.82, 2.24) is 0 Å². The monoisotopic (exact) mass is 428 g/mol. The van der Waals surface area contributed by atoms with E-state index >= 15 is 0 Å². The van der Waals surface area contributed by atoms with Crippen molar-refractivity contribution < 1.29 is 19.8 Å². The molecule has 4 heteroatoms. The van der Waals surface area contributed by atoms with Crippen molar-refractivity contribution in [2.75, 3.05) is 0 Å². The van der Waals surface area contributed by atoms with E-state index in [2.05, 4.69) is 20.8 Å². The molecule has 5 rings (SSSR count). The molecule has 2 N–H and O–H groups in total. The summed E-state index contributed by atoms with van der Waals surface area (Å²) < 4.78 is 0. The molecule has 0 aromatic rings. The van der Waals surface area contributed by atoms with Crippen LogP contribution < -0.4 is 0 Å². The Morgan fingerprint density at radius 3 is 2.48 bits per heavy atom. The number of allylic oxidation sites excluding steroid dienone is 2. The van der Waals surface area contributed by atoms with Crippen LogP contribution in [0.25, 0.3) is 0 Å². The number of carbonyl (C=O) groups excluding carboxylic acids is 1.